The minimum atomic E-state index is -0.0459. The summed E-state index contributed by atoms with van der Waals surface area (Å²) in [6, 6.07) is 12.1. The molecular formula is C18H21BrN2O. The number of piperidine rings is 1. The molecule has 3 nitrogen and oxygen atoms in total. The van der Waals surface area contributed by atoms with E-state index in [4.69, 9.17) is 5.73 Å². The van der Waals surface area contributed by atoms with Crippen LogP contribution in [0.2, 0.25) is 0 Å². The van der Waals surface area contributed by atoms with Crippen molar-refractivity contribution in [2.24, 2.45) is 11.1 Å². The molecule has 22 heavy (non-hydrogen) atoms. The monoisotopic (exact) mass is 360 g/mol. The van der Waals surface area contributed by atoms with Crippen molar-refractivity contribution in [3.8, 4) is 0 Å². The highest BCUT2D eigenvalue weighted by Crippen LogP contribution is 2.31. The average Bonchev–Trinajstić information content (AvgIpc) is 2.48. The van der Waals surface area contributed by atoms with Crippen LogP contribution < -0.4 is 5.73 Å². The van der Waals surface area contributed by atoms with Crippen LogP contribution in [0, 0.1) is 5.41 Å². The van der Waals surface area contributed by atoms with Crippen LogP contribution in [0.15, 0.2) is 40.9 Å². The summed E-state index contributed by atoms with van der Waals surface area (Å²) in [7, 11) is 0. The van der Waals surface area contributed by atoms with Crippen LogP contribution in [-0.2, 0) is 0 Å². The lowest BCUT2D eigenvalue weighted by Crippen LogP contribution is -2.54. The third kappa shape index (κ3) is 2.77. The number of rotatable bonds is 1. The maximum Gasteiger partial charge on any atom is 0.254 e. The Morgan fingerprint density at radius 3 is 2.77 bits per heavy atom. The summed E-state index contributed by atoms with van der Waals surface area (Å²) in [4.78, 5) is 15.0. The van der Waals surface area contributed by atoms with E-state index in [1.165, 1.54) is 0 Å². The Balaban J connectivity index is 1.99. The van der Waals surface area contributed by atoms with Gasteiger partial charge < -0.3 is 10.6 Å². The Hall–Kier alpha value is -1.39. The van der Waals surface area contributed by atoms with Crippen LogP contribution in [0.25, 0.3) is 10.8 Å². The van der Waals surface area contributed by atoms with E-state index < -0.39 is 0 Å². The zero-order valence-electron chi connectivity index (χ0n) is 13.0. The summed E-state index contributed by atoms with van der Waals surface area (Å²) in [5.74, 6) is 0.0949. The van der Waals surface area contributed by atoms with Crippen molar-refractivity contribution >= 4 is 32.6 Å². The number of amides is 1. The molecule has 1 heterocycles. The molecule has 0 radical (unpaired) electrons. The Morgan fingerprint density at radius 2 is 2.05 bits per heavy atom. The SMILES string of the molecule is CC1(C)CN(C(=O)c2cc(Br)cc3ccccc23)CCC1N. The van der Waals surface area contributed by atoms with Gasteiger partial charge in [-0.2, -0.15) is 0 Å². The van der Waals surface area contributed by atoms with E-state index >= 15 is 0 Å². The molecule has 2 N–H and O–H groups in total. The number of benzene rings is 2. The quantitative estimate of drug-likeness (QED) is 0.840. The number of carbonyl (C=O) groups is 1. The molecular weight excluding hydrogens is 340 g/mol. The maximum atomic E-state index is 13.0. The maximum absolute atomic E-state index is 13.0. The normalized spacial score (nSPS) is 21.1. The van der Waals surface area contributed by atoms with Gasteiger partial charge in [0.05, 0.1) is 0 Å². The molecule has 1 aliphatic heterocycles. The van der Waals surface area contributed by atoms with Gasteiger partial charge in [0.1, 0.15) is 0 Å². The minimum Gasteiger partial charge on any atom is -0.338 e. The van der Waals surface area contributed by atoms with Gasteiger partial charge in [0.2, 0.25) is 0 Å². The van der Waals surface area contributed by atoms with Crippen LogP contribution in [-0.4, -0.2) is 29.9 Å². The summed E-state index contributed by atoms with van der Waals surface area (Å²) < 4.78 is 0.933. The molecule has 4 heteroatoms. The van der Waals surface area contributed by atoms with Crippen molar-refractivity contribution < 1.29 is 4.79 Å². The van der Waals surface area contributed by atoms with Gasteiger partial charge in [-0.25, -0.2) is 0 Å². The van der Waals surface area contributed by atoms with E-state index in [9.17, 15) is 4.79 Å². The average molecular weight is 361 g/mol. The van der Waals surface area contributed by atoms with Crippen LogP contribution in [0.3, 0.4) is 0 Å². The van der Waals surface area contributed by atoms with Gasteiger partial charge in [-0.15, -0.1) is 0 Å². The molecule has 1 unspecified atom stereocenters. The molecule has 0 spiro atoms. The van der Waals surface area contributed by atoms with Gasteiger partial charge in [-0.3, -0.25) is 4.79 Å². The van der Waals surface area contributed by atoms with Crippen LogP contribution >= 0.6 is 15.9 Å². The van der Waals surface area contributed by atoms with Crippen molar-refractivity contribution in [3.05, 3.63) is 46.4 Å². The summed E-state index contributed by atoms with van der Waals surface area (Å²) in [5, 5.41) is 2.08. The van der Waals surface area contributed by atoms with E-state index in [-0.39, 0.29) is 17.4 Å². The first-order valence-electron chi connectivity index (χ1n) is 7.62. The van der Waals surface area contributed by atoms with Gasteiger partial charge in [0.15, 0.2) is 0 Å². The van der Waals surface area contributed by atoms with Crippen molar-refractivity contribution in [1.29, 1.82) is 0 Å². The Kier molecular flexibility index (Phi) is 4.00. The van der Waals surface area contributed by atoms with Gasteiger partial charge >= 0.3 is 0 Å². The summed E-state index contributed by atoms with van der Waals surface area (Å²) >= 11 is 3.52. The molecule has 1 saturated heterocycles. The fourth-order valence-corrected chi connectivity index (χ4v) is 3.64. The highest BCUT2D eigenvalue weighted by Gasteiger charge is 2.35. The molecule has 1 aliphatic rings. The number of nitrogens with zero attached hydrogens (tertiary/aromatic N) is 1. The number of halogens is 1. The lowest BCUT2D eigenvalue weighted by Gasteiger charge is -2.42. The molecule has 116 valence electrons. The highest BCUT2D eigenvalue weighted by atomic mass is 79.9. The second-order valence-corrected chi connectivity index (χ2v) is 7.70. The number of nitrogens with two attached hydrogens (primary N) is 1. The topological polar surface area (TPSA) is 46.3 Å². The molecule has 0 bridgehead atoms. The van der Waals surface area contributed by atoms with Gasteiger partial charge in [0.25, 0.3) is 5.91 Å². The smallest absolute Gasteiger partial charge is 0.254 e. The first-order valence-corrected chi connectivity index (χ1v) is 8.41. The standard InChI is InChI=1S/C18H21BrN2O/c1-18(2)11-21(8-7-16(18)20)17(22)15-10-13(19)9-12-5-3-4-6-14(12)15/h3-6,9-10,16H,7-8,11,20H2,1-2H3. The van der Waals surface area contributed by atoms with E-state index in [0.717, 1.165) is 33.8 Å². The van der Waals surface area contributed by atoms with Crippen LogP contribution in [0.4, 0.5) is 0 Å². The Morgan fingerprint density at radius 1 is 1.32 bits per heavy atom. The third-order valence-electron chi connectivity index (χ3n) is 4.66. The lowest BCUT2D eigenvalue weighted by molar-refractivity contribution is 0.0535. The molecule has 2 aromatic carbocycles. The summed E-state index contributed by atoms with van der Waals surface area (Å²) in [5.41, 5.74) is 6.90. The van der Waals surface area contributed by atoms with Gasteiger partial charge in [-0.1, -0.05) is 54.0 Å². The van der Waals surface area contributed by atoms with Crippen LogP contribution in [0.1, 0.15) is 30.6 Å². The lowest BCUT2D eigenvalue weighted by atomic mass is 9.79. The number of likely N-dealkylation sites (tertiary alicyclic amines) is 1. The van der Waals surface area contributed by atoms with Crippen molar-refractivity contribution in [2.75, 3.05) is 13.1 Å². The van der Waals surface area contributed by atoms with Gasteiger partial charge in [0, 0.05) is 29.2 Å². The van der Waals surface area contributed by atoms with E-state index in [2.05, 4.69) is 29.8 Å². The fraction of sp³-hybridized carbons (Fsp3) is 0.389. The van der Waals surface area contributed by atoms with Crippen molar-refractivity contribution in [2.45, 2.75) is 26.3 Å². The number of hydrogen-bond donors (Lipinski definition) is 1. The van der Waals surface area contributed by atoms with Gasteiger partial charge in [-0.05, 0) is 34.7 Å². The molecule has 1 fully saturated rings. The second-order valence-electron chi connectivity index (χ2n) is 6.78. The van der Waals surface area contributed by atoms with E-state index in [1.54, 1.807) is 0 Å². The molecule has 2 aromatic rings. The zero-order chi connectivity index (χ0) is 15.9. The van der Waals surface area contributed by atoms with E-state index in [1.807, 2.05) is 41.3 Å². The number of carbonyl (C=O) groups excluding carboxylic acids is 1. The second kappa shape index (κ2) is 5.67. The zero-order valence-corrected chi connectivity index (χ0v) is 14.6. The van der Waals surface area contributed by atoms with Crippen molar-refractivity contribution in [1.82, 2.24) is 4.90 Å². The third-order valence-corrected chi connectivity index (χ3v) is 5.11. The van der Waals surface area contributed by atoms with E-state index in [0.29, 0.717) is 6.54 Å². The summed E-state index contributed by atoms with van der Waals surface area (Å²) in [6.07, 6.45) is 0.852. The predicted molar refractivity (Wildman–Crippen MR) is 93.9 cm³/mol. The molecule has 0 saturated carbocycles. The predicted octanol–water partition coefficient (Wildman–Crippen LogP) is 3.80. The molecule has 3 rings (SSSR count). The summed E-state index contributed by atoms with van der Waals surface area (Å²) in [6.45, 7) is 5.70. The number of hydrogen-bond acceptors (Lipinski definition) is 2. The first-order chi connectivity index (χ1) is 10.4. The molecule has 1 amide bonds. The number of fused-ring (bicyclic) bond motifs is 1. The van der Waals surface area contributed by atoms with Crippen LogP contribution in [0.5, 0.6) is 0 Å². The molecule has 0 aliphatic carbocycles. The Bertz CT molecular complexity index is 726. The van der Waals surface area contributed by atoms with Crippen molar-refractivity contribution in [3.63, 3.8) is 0 Å². The molecule has 1 atom stereocenters. The largest absolute Gasteiger partial charge is 0.338 e. The molecule has 0 aromatic heterocycles. The minimum absolute atomic E-state index is 0.0459. The highest BCUT2D eigenvalue weighted by molar-refractivity contribution is 9.10. The first kappa shape index (κ1) is 15.5. The fourth-order valence-electron chi connectivity index (χ4n) is 3.17. The Labute approximate surface area is 139 Å².